The third-order valence-corrected chi connectivity index (χ3v) is 6.78. The Bertz CT molecular complexity index is 1290. The SMILES string of the molecule is CCCn1cnc2c(c1=N)C(c1ccc(F)cc1)c1sc3c(C)cccc3c1O2. The van der Waals surface area contributed by atoms with Gasteiger partial charge in [-0.1, -0.05) is 31.2 Å². The van der Waals surface area contributed by atoms with Gasteiger partial charge in [0.05, 0.1) is 16.4 Å². The third kappa shape index (κ3) is 2.78. The highest BCUT2D eigenvalue weighted by atomic mass is 32.1. The molecule has 1 aliphatic rings. The van der Waals surface area contributed by atoms with Crippen molar-refractivity contribution in [2.24, 2.45) is 0 Å². The van der Waals surface area contributed by atoms with Gasteiger partial charge in [0, 0.05) is 16.6 Å². The number of nitrogens with one attached hydrogen (secondary N) is 1. The van der Waals surface area contributed by atoms with Crippen molar-refractivity contribution in [3.63, 3.8) is 0 Å². The van der Waals surface area contributed by atoms with E-state index in [4.69, 9.17) is 10.1 Å². The standard InChI is InChI=1S/C23H20FN3OS/c1-3-11-27-12-26-23-18(22(27)25)17(14-7-9-15(24)10-8-14)21-19(28-23)16-6-4-5-13(2)20(16)29-21/h4-10,12,17,25H,3,11H2,1-2H3. The quantitative estimate of drug-likeness (QED) is 0.417. The number of hydrogen-bond acceptors (Lipinski definition) is 4. The summed E-state index contributed by atoms with van der Waals surface area (Å²) in [6.45, 7) is 4.88. The summed E-state index contributed by atoms with van der Waals surface area (Å²) in [4.78, 5) is 5.59. The zero-order valence-corrected chi connectivity index (χ0v) is 17.0. The molecule has 3 heterocycles. The Labute approximate surface area is 171 Å². The predicted octanol–water partition coefficient (Wildman–Crippen LogP) is 5.72. The number of halogens is 1. The minimum Gasteiger partial charge on any atom is -0.437 e. The summed E-state index contributed by atoms with van der Waals surface area (Å²) >= 11 is 1.69. The summed E-state index contributed by atoms with van der Waals surface area (Å²) in [7, 11) is 0. The lowest BCUT2D eigenvalue weighted by Gasteiger charge is -2.26. The van der Waals surface area contributed by atoms with Crippen molar-refractivity contribution in [3.05, 3.63) is 81.7 Å². The molecule has 0 bridgehead atoms. The van der Waals surface area contributed by atoms with Crippen molar-refractivity contribution in [2.75, 3.05) is 0 Å². The van der Waals surface area contributed by atoms with Crippen LogP contribution in [-0.2, 0) is 6.54 Å². The van der Waals surface area contributed by atoms with Crippen molar-refractivity contribution in [1.82, 2.24) is 9.55 Å². The van der Waals surface area contributed by atoms with Crippen LogP contribution in [0.25, 0.3) is 10.1 Å². The van der Waals surface area contributed by atoms with E-state index in [1.54, 1.807) is 29.8 Å². The average molecular weight is 405 g/mol. The number of benzene rings is 2. The van der Waals surface area contributed by atoms with E-state index in [1.807, 2.05) is 10.6 Å². The molecule has 0 amide bonds. The van der Waals surface area contributed by atoms with Crippen LogP contribution in [0, 0.1) is 18.2 Å². The molecule has 4 aromatic rings. The summed E-state index contributed by atoms with van der Waals surface area (Å²) in [5, 5.41) is 9.90. The van der Waals surface area contributed by atoms with Gasteiger partial charge in [-0.3, -0.25) is 5.41 Å². The van der Waals surface area contributed by atoms with E-state index < -0.39 is 0 Å². The molecule has 0 saturated carbocycles. The number of rotatable bonds is 3. The van der Waals surface area contributed by atoms with Gasteiger partial charge in [0.15, 0.2) is 5.75 Å². The lowest BCUT2D eigenvalue weighted by molar-refractivity contribution is 0.429. The molecule has 0 fully saturated rings. The topological polar surface area (TPSA) is 50.9 Å². The van der Waals surface area contributed by atoms with Crippen molar-refractivity contribution >= 4 is 21.4 Å². The molecule has 1 aliphatic heterocycles. The largest absolute Gasteiger partial charge is 0.437 e. The van der Waals surface area contributed by atoms with Crippen LogP contribution in [0.4, 0.5) is 4.39 Å². The molecule has 4 nitrogen and oxygen atoms in total. The summed E-state index contributed by atoms with van der Waals surface area (Å²) in [5.41, 5.74) is 3.26. The zero-order chi connectivity index (χ0) is 20.1. The second kappa shape index (κ2) is 6.81. The minimum atomic E-state index is -0.272. The maximum absolute atomic E-state index is 13.6. The number of fused-ring (bicyclic) bond motifs is 4. The smallest absolute Gasteiger partial charge is 0.228 e. The second-order valence-corrected chi connectivity index (χ2v) is 8.39. The number of ether oxygens (including phenoxy) is 1. The molecule has 1 atom stereocenters. The molecule has 6 heteroatoms. The number of aromatic nitrogens is 2. The second-order valence-electron chi connectivity index (χ2n) is 7.34. The number of hydrogen-bond donors (Lipinski definition) is 1. The highest BCUT2D eigenvalue weighted by molar-refractivity contribution is 7.19. The van der Waals surface area contributed by atoms with Crippen molar-refractivity contribution in [1.29, 1.82) is 5.41 Å². The number of nitrogens with zero attached hydrogens (tertiary/aromatic N) is 2. The fourth-order valence-corrected chi connectivity index (χ4v) is 5.35. The van der Waals surface area contributed by atoms with Crippen LogP contribution in [0.2, 0.25) is 0 Å². The molecule has 29 heavy (non-hydrogen) atoms. The maximum Gasteiger partial charge on any atom is 0.228 e. The van der Waals surface area contributed by atoms with Crippen LogP contribution < -0.4 is 10.2 Å². The molecule has 0 saturated heterocycles. The summed E-state index contributed by atoms with van der Waals surface area (Å²) < 4.78 is 22.9. The van der Waals surface area contributed by atoms with Crippen molar-refractivity contribution < 1.29 is 9.13 Å². The van der Waals surface area contributed by atoms with Crippen LogP contribution in [0.15, 0.2) is 48.8 Å². The first-order chi connectivity index (χ1) is 14.1. The van der Waals surface area contributed by atoms with E-state index in [0.717, 1.165) is 33.6 Å². The van der Waals surface area contributed by atoms with Gasteiger partial charge in [0.25, 0.3) is 0 Å². The van der Waals surface area contributed by atoms with Crippen LogP contribution in [0.5, 0.6) is 11.6 Å². The van der Waals surface area contributed by atoms with E-state index >= 15 is 0 Å². The van der Waals surface area contributed by atoms with Gasteiger partial charge in [-0.05, 0) is 42.7 Å². The van der Waals surface area contributed by atoms with Gasteiger partial charge in [0.1, 0.15) is 17.6 Å². The molecular formula is C23H20FN3OS. The maximum atomic E-state index is 13.6. The Kier molecular flexibility index (Phi) is 4.24. The molecule has 0 spiro atoms. The monoisotopic (exact) mass is 405 g/mol. The lowest BCUT2D eigenvalue weighted by Crippen LogP contribution is -2.29. The first kappa shape index (κ1) is 18.1. The van der Waals surface area contributed by atoms with Gasteiger partial charge < -0.3 is 9.30 Å². The number of aryl methyl sites for hydroxylation is 2. The molecule has 0 aliphatic carbocycles. The summed E-state index contributed by atoms with van der Waals surface area (Å²) in [6, 6.07) is 12.7. The van der Waals surface area contributed by atoms with Gasteiger partial charge >= 0.3 is 0 Å². The van der Waals surface area contributed by atoms with E-state index in [1.165, 1.54) is 22.4 Å². The molecular weight excluding hydrogens is 385 g/mol. The lowest BCUT2D eigenvalue weighted by atomic mass is 9.88. The molecule has 1 N–H and O–H groups in total. The molecule has 0 radical (unpaired) electrons. The highest BCUT2D eigenvalue weighted by Crippen LogP contribution is 2.52. The summed E-state index contributed by atoms with van der Waals surface area (Å²) in [5.74, 6) is 0.781. The first-order valence-electron chi connectivity index (χ1n) is 9.67. The zero-order valence-electron chi connectivity index (χ0n) is 16.2. The Morgan fingerprint density at radius 2 is 2.00 bits per heavy atom. The van der Waals surface area contributed by atoms with Crippen LogP contribution >= 0.6 is 11.3 Å². The van der Waals surface area contributed by atoms with Crippen molar-refractivity contribution in [3.8, 4) is 11.6 Å². The molecule has 1 unspecified atom stereocenters. The Morgan fingerprint density at radius 3 is 2.76 bits per heavy atom. The van der Waals surface area contributed by atoms with E-state index in [-0.39, 0.29) is 11.7 Å². The molecule has 5 rings (SSSR count). The fourth-order valence-electron chi connectivity index (χ4n) is 4.01. The van der Waals surface area contributed by atoms with Gasteiger partial charge in [0.2, 0.25) is 5.88 Å². The number of thiophene rings is 1. The van der Waals surface area contributed by atoms with E-state index in [0.29, 0.717) is 17.9 Å². The average Bonchev–Trinajstić information content (AvgIpc) is 3.09. The Morgan fingerprint density at radius 1 is 1.21 bits per heavy atom. The molecule has 2 aromatic carbocycles. The van der Waals surface area contributed by atoms with Gasteiger partial charge in [-0.2, -0.15) is 0 Å². The Balaban J connectivity index is 1.83. The van der Waals surface area contributed by atoms with E-state index in [2.05, 4.69) is 31.0 Å². The van der Waals surface area contributed by atoms with Crippen LogP contribution in [0.3, 0.4) is 0 Å². The van der Waals surface area contributed by atoms with Crippen LogP contribution in [0.1, 0.15) is 40.8 Å². The van der Waals surface area contributed by atoms with Gasteiger partial charge in [-0.15, -0.1) is 11.3 Å². The first-order valence-corrected chi connectivity index (χ1v) is 10.5. The van der Waals surface area contributed by atoms with Crippen molar-refractivity contribution in [2.45, 2.75) is 32.7 Å². The fraction of sp³-hybridized carbons (Fsp3) is 0.217. The minimum absolute atomic E-state index is 0.213. The normalized spacial score (nSPS) is 15.1. The molecule has 146 valence electrons. The summed E-state index contributed by atoms with van der Waals surface area (Å²) in [6.07, 6.45) is 2.59. The highest BCUT2D eigenvalue weighted by Gasteiger charge is 2.35. The predicted molar refractivity (Wildman–Crippen MR) is 112 cm³/mol. The van der Waals surface area contributed by atoms with Gasteiger partial charge in [-0.25, -0.2) is 9.37 Å². The molecule has 2 aromatic heterocycles. The van der Waals surface area contributed by atoms with Crippen LogP contribution in [-0.4, -0.2) is 9.55 Å². The van der Waals surface area contributed by atoms with E-state index in [9.17, 15) is 4.39 Å². The Hall–Kier alpha value is -2.99. The third-order valence-electron chi connectivity index (χ3n) is 5.40.